The van der Waals surface area contributed by atoms with Crippen molar-refractivity contribution in [2.75, 3.05) is 6.79 Å². The molecule has 0 aliphatic carbocycles. The average molecular weight is 392 g/mol. The lowest BCUT2D eigenvalue weighted by molar-refractivity contribution is -0.385. The van der Waals surface area contributed by atoms with E-state index in [9.17, 15) is 14.9 Å². The first-order valence-corrected chi connectivity index (χ1v) is 7.51. The van der Waals surface area contributed by atoms with Gasteiger partial charge in [-0.3, -0.25) is 14.9 Å². The summed E-state index contributed by atoms with van der Waals surface area (Å²) in [5.74, 6) is 0.248. The summed E-state index contributed by atoms with van der Waals surface area (Å²) in [6, 6.07) is 9.54. The molecular formula is C15H10BrN3O5. The van der Waals surface area contributed by atoms with Crippen LogP contribution in [0.5, 0.6) is 11.5 Å². The first-order chi connectivity index (χ1) is 11.6. The fourth-order valence-corrected chi connectivity index (χ4v) is 2.54. The number of halogens is 1. The van der Waals surface area contributed by atoms with E-state index in [0.717, 1.165) is 0 Å². The fourth-order valence-electron chi connectivity index (χ4n) is 2.07. The van der Waals surface area contributed by atoms with Gasteiger partial charge >= 0.3 is 0 Å². The topological polar surface area (TPSA) is 103 Å². The van der Waals surface area contributed by atoms with Crippen LogP contribution in [0, 0.1) is 10.1 Å². The number of hydrogen-bond acceptors (Lipinski definition) is 6. The number of ether oxygens (including phenoxy) is 2. The van der Waals surface area contributed by atoms with Gasteiger partial charge in [0.2, 0.25) is 6.79 Å². The van der Waals surface area contributed by atoms with E-state index in [-0.39, 0.29) is 18.0 Å². The highest BCUT2D eigenvalue weighted by Gasteiger charge is 2.22. The van der Waals surface area contributed by atoms with Crippen LogP contribution in [0.2, 0.25) is 0 Å². The van der Waals surface area contributed by atoms with Crippen molar-refractivity contribution in [2.45, 2.75) is 0 Å². The van der Waals surface area contributed by atoms with E-state index in [4.69, 9.17) is 9.47 Å². The molecular weight excluding hydrogens is 382 g/mol. The summed E-state index contributed by atoms with van der Waals surface area (Å²) in [6.07, 6.45) is 1.19. The van der Waals surface area contributed by atoms with Gasteiger partial charge in [0.05, 0.1) is 28.3 Å². The van der Waals surface area contributed by atoms with Gasteiger partial charge in [0, 0.05) is 4.47 Å². The second-order valence-electron chi connectivity index (χ2n) is 4.70. The molecule has 0 fully saturated rings. The zero-order valence-electron chi connectivity index (χ0n) is 12.1. The Bertz CT molecular complexity index is 853. The molecule has 122 valence electrons. The standard InChI is InChI=1S/C15H10BrN3O5/c16-11-4-2-1-3-10(11)15(20)18-17-7-9-5-13-14(24-8-23-13)6-12(9)19(21)22/h1-7H,8H2,(H,18,20)/b17-7-. The van der Waals surface area contributed by atoms with E-state index < -0.39 is 10.8 Å². The number of nitrogens with one attached hydrogen (secondary N) is 1. The van der Waals surface area contributed by atoms with Crippen LogP contribution in [-0.4, -0.2) is 23.8 Å². The van der Waals surface area contributed by atoms with Crippen molar-refractivity contribution in [3.63, 3.8) is 0 Å². The molecule has 0 radical (unpaired) electrons. The van der Waals surface area contributed by atoms with Gasteiger partial charge in [-0.05, 0) is 34.1 Å². The molecule has 1 N–H and O–H groups in total. The minimum Gasteiger partial charge on any atom is -0.454 e. The maximum Gasteiger partial charge on any atom is 0.282 e. The van der Waals surface area contributed by atoms with Crippen molar-refractivity contribution in [1.82, 2.24) is 5.43 Å². The number of nitro benzene ring substituents is 1. The van der Waals surface area contributed by atoms with Crippen LogP contribution >= 0.6 is 15.9 Å². The molecule has 0 atom stereocenters. The number of rotatable bonds is 4. The predicted molar refractivity (Wildman–Crippen MR) is 88.4 cm³/mol. The van der Waals surface area contributed by atoms with E-state index in [2.05, 4.69) is 26.5 Å². The monoisotopic (exact) mass is 391 g/mol. The molecule has 0 bridgehead atoms. The number of fused-ring (bicyclic) bond motifs is 1. The van der Waals surface area contributed by atoms with Gasteiger partial charge in [-0.25, -0.2) is 5.43 Å². The van der Waals surface area contributed by atoms with Crippen LogP contribution in [0.1, 0.15) is 15.9 Å². The molecule has 0 saturated heterocycles. The van der Waals surface area contributed by atoms with Crippen molar-refractivity contribution in [2.24, 2.45) is 5.10 Å². The molecule has 9 heteroatoms. The number of hydrogen-bond donors (Lipinski definition) is 1. The van der Waals surface area contributed by atoms with Gasteiger partial charge in [0.15, 0.2) is 11.5 Å². The molecule has 3 rings (SSSR count). The number of nitrogens with zero attached hydrogens (tertiary/aromatic N) is 2. The molecule has 2 aromatic rings. The van der Waals surface area contributed by atoms with Crippen LogP contribution in [-0.2, 0) is 0 Å². The molecule has 0 unspecified atom stereocenters. The lowest BCUT2D eigenvalue weighted by Crippen LogP contribution is -2.18. The summed E-state index contributed by atoms with van der Waals surface area (Å²) in [4.78, 5) is 22.6. The maximum atomic E-state index is 12.0. The lowest BCUT2D eigenvalue weighted by atomic mass is 10.1. The van der Waals surface area contributed by atoms with Crippen LogP contribution in [0.4, 0.5) is 5.69 Å². The number of nitro groups is 1. The summed E-state index contributed by atoms with van der Waals surface area (Å²) in [5.41, 5.74) is 2.72. The third kappa shape index (κ3) is 3.20. The molecule has 1 heterocycles. The summed E-state index contributed by atoms with van der Waals surface area (Å²) < 4.78 is 10.9. The Balaban J connectivity index is 1.81. The zero-order valence-corrected chi connectivity index (χ0v) is 13.6. The zero-order chi connectivity index (χ0) is 17.1. The van der Waals surface area contributed by atoms with E-state index in [1.807, 2.05) is 0 Å². The molecule has 0 saturated carbocycles. The minimum atomic E-state index is -0.557. The van der Waals surface area contributed by atoms with Crippen LogP contribution in [0.3, 0.4) is 0 Å². The van der Waals surface area contributed by atoms with Crippen LogP contribution in [0.25, 0.3) is 0 Å². The Hall–Kier alpha value is -2.94. The van der Waals surface area contributed by atoms with Crippen molar-refractivity contribution in [3.05, 3.63) is 62.1 Å². The number of hydrazone groups is 1. The molecule has 1 aliphatic heterocycles. The smallest absolute Gasteiger partial charge is 0.282 e. The SMILES string of the molecule is O=C(N/N=C\c1cc2c(cc1[N+](=O)[O-])OCO2)c1ccccc1Br. The second kappa shape index (κ2) is 6.67. The second-order valence-corrected chi connectivity index (χ2v) is 5.55. The lowest BCUT2D eigenvalue weighted by Gasteiger charge is -2.03. The Morgan fingerprint density at radius 1 is 1.29 bits per heavy atom. The van der Waals surface area contributed by atoms with E-state index in [0.29, 0.717) is 21.5 Å². The Morgan fingerprint density at radius 3 is 2.71 bits per heavy atom. The average Bonchev–Trinajstić information content (AvgIpc) is 3.01. The van der Waals surface area contributed by atoms with E-state index >= 15 is 0 Å². The highest BCUT2D eigenvalue weighted by molar-refractivity contribution is 9.10. The van der Waals surface area contributed by atoms with Crippen molar-refractivity contribution in [3.8, 4) is 11.5 Å². The summed E-state index contributed by atoms with van der Waals surface area (Å²) in [6.45, 7) is 0.00581. The van der Waals surface area contributed by atoms with Crippen molar-refractivity contribution in [1.29, 1.82) is 0 Å². The summed E-state index contributed by atoms with van der Waals surface area (Å²) in [5, 5.41) is 14.9. The Labute approximate surface area is 144 Å². The highest BCUT2D eigenvalue weighted by atomic mass is 79.9. The van der Waals surface area contributed by atoms with Gasteiger partial charge in [0.25, 0.3) is 11.6 Å². The molecule has 8 nitrogen and oxygen atoms in total. The molecule has 2 aromatic carbocycles. The maximum absolute atomic E-state index is 12.0. The predicted octanol–water partition coefficient (Wildman–Crippen LogP) is 2.85. The summed E-state index contributed by atoms with van der Waals surface area (Å²) in [7, 11) is 0. The molecule has 0 aromatic heterocycles. The molecule has 0 spiro atoms. The van der Waals surface area contributed by atoms with Crippen LogP contribution < -0.4 is 14.9 Å². The Morgan fingerprint density at radius 2 is 2.00 bits per heavy atom. The number of carbonyl (C=O) groups excluding carboxylic acids is 1. The van der Waals surface area contributed by atoms with E-state index in [1.165, 1.54) is 18.3 Å². The van der Waals surface area contributed by atoms with Gasteiger partial charge in [-0.2, -0.15) is 5.10 Å². The number of carbonyl (C=O) groups is 1. The third-order valence-electron chi connectivity index (χ3n) is 3.21. The van der Waals surface area contributed by atoms with Crippen molar-refractivity contribution < 1.29 is 19.2 Å². The first kappa shape index (κ1) is 15.9. The molecule has 1 aliphatic rings. The molecule has 24 heavy (non-hydrogen) atoms. The third-order valence-corrected chi connectivity index (χ3v) is 3.90. The van der Waals surface area contributed by atoms with Gasteiger partial charge in [0.1, 0.15) is 0 Å². The number of benzene rings is 2. The normalized spacial score (nSPS) is 12.4. The first-order valence-electron chi connectivity index (χ1n) is 6.72. The van der Waals surface area contributed by atoms with Crippen LogP contribution in [0.15, 0.2) is 46.0 Å². The molecule has 1 amide bonds. The number of amides is 1. The largest absolute Gasteiger partial charge is 0.454 e. The van der Waals surface area contributed by atoms with Gasteiger partial charge in [-0.15, -0.1) is 0 Å². The fraction of sp³-hybridized carbons (Fsp3) is 0.0667. The van der Waals surface area contributed by atoms with Gasteiger partial charge in [-0.1, -0.05) is 12.1 Å². The highest BCUT2D eigenvalue weighted by Crippen LogP contribution is 2.37. The Kier molecular flexibility index (Phi) is 4.43. The van der Waals surface area contributed by atoms with Crippen molar-refractivity contribution >= 4 is 33.7 Å². The van der Waals surface area contributed by atoms with Gasteiger partial charge < -0.3 is 9.47 Å². The summed E-state index contributed by atoms with van der Waals surface area (Å²) >= 11 is 3.27. The quantitative estimate of drug-likeness (QED) is 0.490. The minimum absolute atomic E-state index is 0.00581. The van der Waals surface area contributed by atoms with E-state index in [1.54, 1.807) is 24.3 Å².